The van der Waals surface area contributed by atoms with Gasteiger partial charge in [-0.3, -0.25) is 9.59 Å². The van der Waals surface area contributed by atoms with Crippen LogP contribution in [0.5, 0.6) is 0 Å². The van der Waals surface area contributed by atoms with Gasteiger partial charge in [-0.1, -0.05) is 12.1 Å². The Balaban J connectivity index is 1.56. The first-order valence-corrected chi connectivity index (χ1v) is 8.77. The summed E-state index contributed by atoms with van der Waals surface area (Å²) < 4.78 is 11.8. The number of ether oxygens (including phenoxy) is 2. The smallest absolute Gasteiger partial charge is 0.311 e. The van der Waals surface area contributed by atoms with Gasteiger partial charge in [-0.25, -0.2) is 0 Å². The van der Waals surface area contributed by atoms with Gasteiger partial charge in [0, 0.05) is 24.0 Å². The largest absolute Gasteiger partial charge is 0.463 e. The zero-order valence-electron chi connectivity index (χ0n) is 12.9. The predicted octanol–water partition coefficient (Wildman–Crippen LogP) is 2.91. The number of esters is 1. The van der Waals surface area contributed by atoms with Crippen LogP contribution in [0.25, 0.3) is 0 Å². The van der Waals surface area contributed by atoms with Crippen molar-refractivity contribution in [2.45, 2.75) is 31.8 Å². The Bertz CT molecular complexity index is 586. The number of anilines is 1. The Morgan fingerprint density at radius 3 is 2.91 bits per heavy atom. The molecule has 2 saturated heterocycles. The van der Waals surface area contributed by atoms with Gasteiger partial charge in [0.15, 0.2) is 0 Å². The lowest BCUT2D eigenvalue weighted by Gasteiger charge is -2.22. The summed E-state index contributed by atoms with van der Waals surface area (Å²) in [4.78, 5) is 26.1. The molecule has 2 aliphatic heterocycles. The molecule has 2 fully saturated rings. The number of hydrogen-bond acceptors (Lipinski definition) is 4. The van der Waals surface area contributed by atoms with Gasteiger partial charge >= 0.3 is 5.97 Å². The maximum absolute atomic E-state index is 12.2. The minimum Gasteiger partial charge on any atom is -0.463 e. The molecule has 5 nitrogen and oxygen atoms in total. The van der Waals surface area contributed by atoms with Gasteiger partial charge in [-0.2, -0.15) is 0 Å². The van der Waals surface area contributed by atoms with Crippen molar-refractivity contribution >= 4 is 33.5 Å². The highest BCUT2D eigenvalue weighted by Gasteiger charge is 2.37. The van der Waals surface area contributed by atoms with Gasteiger partial charge in [0.1, 0.15) is 6.61 Å². The second-order valence-corrected chi connectivity index (χ2v) is 6.83. The van der Waals surface area contributed by atoms with Gasteiger partial charge in [0.05, 0.1) is 17.7 Å². The first-order valence-electron chi connectivity index (χ1n) is 7.98. The summed E-state index contributed by atoms with van der Waals surface area (Å²) in [6.07, 6.45) is 3.32. The van der Waals surface area contributed by atoms with Crippen molar-refractivity contribution in [2.24, 2.45) is 5.92 Å². The molecule has 0 aliphatic carbocycles. The van der Waals surface area contributed by atoms with Gasteiger partial charge < -0.3 is 14.4 Å². The van der Waals surface area contributed by atoms with Gasteiger partial charge in [-0.15, -0.1) is 0 Å². The van der Waals surface area contributed by atoms with Crippen LogP contribution in [-0.4, -0.2) is 37.7 Å². The van der Waals surface area contributed by atoms with Crippen molar-refractivity contribution in [2.75, 3.05) is 24.7 Å². The van der Waals surface area contributed by atoms with Crippen molar-refractivity contribution in [3.63, 3.8) is 0 Å². The fourth-order valence-corrected chi connectivity index (χ4v) is 3.50. The van der Waals surface area contributed by atoms with Crippen molar-refractivity contribution < 1.29 is 19.1 Å². The normalized spacial score (nSPS) is 24.7. The fourth-order valence-electron chi connectivity index (χ4n) is 3.00. The highest BCUT2D eigenvalue weighted by atomic mass is 79.9. The molecule has 1 aromatic carbocycles. The van der Waals surface area contributed by atoms with E-state index in [1.807, 2.05) is 24.3 Å². The SMILES string of the molecule is O=C(OCC1CCCCO1)C1CC(=O)N(c2ccccc2Br)C1. The number of benzene rings is 1. The Labute approximate surface area is 144 Å². The number of amides is 1. The third kappa shape index (κ3) is 3.93. The number of carbonyl (C=O) groups is 2. The Morgan fingerprint density at radius 2 is 2.17 bits per heavy atom. The second-order valence-electron chi connectivity index (χ2n) is 5.98. The van der Waals surface area contributed by atoms with E-state index in [1.165, 1.54) is 0 Å². The fraction of sp³-hybridized carbons (Fsp3) is 0.529. The van der Waals surface area contributed by atoms with Crippen molar-refractivity contribution in [1.82, 2.24) is 0 Å². The molecule has 1 amide bonds. The van der Waals surface area contributed by atoms with Crippen LogP contribution in [0.3, 0.4) is 0 Å². The first kappa shape index (κ1) is 16.5. The van der Waals surface area contributed by atoms with Crippen LogP contribution < -0.4 is 4.90 Å². The van der Waals surface area contributed by atoms with E-state index in [0.717, 1.165) is 36.0 Å². The molecule has 2 aliphatic rings. The quantitative estimate of drug-likeness (QED) is 0.752. The molecule has 0 spiro atoms. The lowest BCUT2D eigenvalue weighted by atomic mass is 10.1. The second kappa shape index (κ2) is 7.45. The van der Waals surface area contributed by atoms with Crippen LogP contribution in [0.2, 0.25) is 0 Å². The molecule has 3 rings (SSSR count). The molecular weight excluding hydrogens is 362 g/mol. The number of rotatable bonds is 4. The van der Waals surface area contributed by atoms with Gasteiger partial charge in [0.25, 0.3) is 0 Å². The van der Waals surface area contributed by atoms with E-state index in [2.05, 4.69) is 15.9 Å². The maximum atomic E-state index is 12.2. The minimum atomic E-state index is -0.404. The Morgan fingerprint density at radius 1 is 1.35 bits per heavy atom. The summed E-state index contributed by atoms with van der Waals surface area (Å²) in [6.45, 7) is 1.39. The Hall–Kier alpha value is -1.40. The van der Waals surface area contributed by atoms with E-state index in [1.54, 1.807) is 4.90 Å². The average Bonchev–Trinajstić information content (AvgIpc) is 2.96. The van der Waals surface area contributed by atoms with Crippen LogP contribution in [0.4, 0.5) is 5.69 Å². The average molecular weight is 382 g/mol. The van der Waals surface area contributed by atoms with Crippen LogP contribution in [-0.2, 0) is 19.1 Å². The molecule has 2 heterocycles. The summed E-state index contributed by atoms with van der Waals surface area (Å²) in [5.41, 5.74) is 0.795. The molecule has 0 radical (unpaired) electrons. The molecule has 0 aromatic heterocycles. The van der Waals surface area contributed by atoms with Gasteiger partial charge in [0.2, 0.25) is 5.91 Å². The van der Waals surface area contributed by atoms with Crippen molar-refractivity contribution in [3.05, 3.63) is 28.7 Å². The zero-order chi connectivity index (χ0) is 16.2. The minimum absolute atomic E-state index is 0.00387. The summed E-state index contributed by atoms with van der Waals surface area (Å²) in [6, 6.07) is 7.52. The topological polar surface area (TPSA) is 55.8 Å². The highest BCUT2D eigenvalue weighted by molar-refractivity contribution is 9.10. The van der Waals surface area contributed by atoms with Crippen LogP contribution in [0.15, 0.2) is 28.7 Å². The molecule has 6 heteroatoms. The third-order valence-electron chi connectivity index (χ3n) is 4.29. The van der Waals surface area contributed by atoms with Crippen molar-refractivity contribution in [1.29, 1.82) is 0 Å². The lowest BCUT2D eigenvalue weighted by Crippen LogP contribution is -2.30. The lowest BCUT2D eigenvalue weighted by molar-refractivity contribution is -0.153. The van der Waals surface area contributed by atoms with E-state index in [9.17, 15) is 9.59 Å². The van der Waals surface area contributed by atoms with E-state index < -0.39 is 5.92 Å². The standard InChI is InChI=1S/C17H20BrNO4/c18-14-6-1-2-7-15(14)19-10-12(9-16(19)20)17(21)23-11-13-5-3-4-8-22-13/h1-2,6-7,12-13H,3-5,8-11H2. The zero-order valence-corrected chi connectivity index (χ0v) is 14.5. The molecule has 2 atom stereocenters. The molecule has 1 aromatic rings. The molecule has 0 saturated carbocycles. The summed E-state index contributed by atoms with van der Waals surface area (Å²) in [7, 11) is 0. The highest BCUT2D eigenvalue weighted by Crippen LogP contribution is 2.31. The molecule has 0 bridgehead atoms. The molecule has 23 heavy (non-hydrogen) atoms. The third-order valence-corrected chi connectivity index (χ3v) is 4.96. The summed E-state index contributed by atoms with van der Waals surface area (Å²) in [5, 5.41) is 0. The van der Waals surface area contributed by atoms with E-state index in [-0.39, 0.29) is 24.4 Å². The number of hydrogen-bond donors (Lipinski definition) is 0. The van der Waals surface area contributed by atoms with Crippen molar-refractivity contribution in [3.8, 4) is 0 Å². The monoisotopic (exact) mass is 381 g/mol. The summed E-state index contributed by atoms with van der Waals surface area (Å²) in [5.74, 6) is -0.756. The van der Waals surface area contributed by atoms with Crippen LogP contribution in [0, 0.1) is 5.92 Å². The number of para-hydroxylation sites is 1. The number of carbonyl (C=O) groups excluding carboxylic acids is 2. The van der Waals surface area contributed by atoms with Gasteiger partial charge in [-0.05, 0) is 47.3 Å². The molecule has 2 unspecified atom stereocenters. The maximum Gasteiger partial charge on any atom is 0.311 e. The predicted molar refractivity (Wildman–Crippen MR) is 89.2 cm³/mol. The molecule has 0 N–H and O–H groups in total. The first-order chi connectivity index (χ1) is 11.1. The number of halogens is 1. The van der Waals surface area contributed by atoms with Crippen LogP contribution >= 0.6 is 15.9 Å². The Kier molecular flexibility index (Phi) is 5.33. The summed E-state index contributed by atoms with van der Waals surface area (Å²) >= 11 is 3.45. The van der Waals surface area contributed by atoms with E-state index >= 15 is 0 Å². The van der Waals surface area contributed by atoms with E-state index in [4.69, 9.17) is 9.47 Å². The number of nitrogens with zero attached hydrogens (tertiary/aromatic N) is 1. The molecule has 124 valence electrons. The van der Waals surface area contributed by atoms with E-state index in [0.29, 0.717) is 13.2 Å². The van der Waals surface area contributed by atoms with Crippen LogP contribution in [0.1, 0.15) is 25.7 Å². The molecular formula is C17H20BrNO4.